The van der Waals surface area contributed by atoms with E-state index in [2.05, 4.69) is 21.8 Å². The number of hydrogen-bond donors (Lipinski definition) is 2. The molecule has 1 amide bonds. The monoisotopic (exact) mass is 354 g/mol. The molecule has 2 atom stereocenters. The number of amides is 1. The van der Waals surface area contributed by atoms with Crippen LogP contribution in [0.3, 0.4) is 0 Å². The summed E-state index contributed by atoms with van der Waals surface area (Å²) in [5, 5.41) is 5.20. The van der Waals surface area contributed by atoms with E-state index in [1.54, 1.807) is 18.0 Å². The highest BCUT2D eigenvalue weighted by atomic mass is 32.2. The Morgan fingerprint density at radius 1 is 1.40 bits per heavy atom. The van der Waals surface area contributed by atoms with Gasteiger partial charge in [-0.05, 0) is 30.4 Å². The van der Waals surface area contributed by atoms with E-state index in [0.717, 1.165) is 29.8 Å². The van der Waals surface area contributed by atoms with Gasteiger partial charge in [0, 0.05) is 17.2 Å². The molecule has 2 heterocycles. The maximum absolute atomic E-state index is 12.3. The molecular formula is C19H22N4OS. The number of carbonyl (C=O) groups is 1. The third-order valence-corrected chi connectivity index (χ3v) is 5.40. The summed E-state index contributed by atoms with van der Waals surface area (Å²) in [6.45, 7) is 3.91. The molecule has 3 N–H and O–H groups in total. The van der Waals surface area contributed by atoms with Gasteiger partial charge in [0.05, 0.1) is 22.8 Å². The number of nitrogen functional groups attached to an aromatic ring is 1. The first kappa shape index (κ1) is 17.5. The molecule has 1 aromatic carbocycles. The van der Waals surface area contributed by atoms with E-state index in [1.807, 2.05) is 38.1 Å². The number of nitrogens with two attached hydrogens (primary N) is 1. The first-order chi connectivity index (χ1) is 12.1. The minimum absolute atomic E-state index is 0.0192. The van der Waals surface area contributed by atoms with Crippen LogP contribution in [0.1, 0.15) is 37.6 Å². The number of aromatic nitrogens is 2. The molecule has 5 nitrogen and oxygen atoms in total. The van der Waals surface area contributed by atoms with Crippen LogP contribution in [0.5, 0.6) is 0 Å². The molecule has 1 aliphatic rings. The number of rotatable bonds is 5. The first-order valence-electron chi connectivity index (χ1n) is 8.42. The molecule has 0 aliphatic carbocycles. The molecule has 0 saturated carbocycles. The molecule has 1 aromatic heterocycles. The standard InChI is InChI=1S/C19H22N4OS/c1-3-12(2)19(24)23-18-17(16-5-4-10-25-16)22-15(11-21-18)13-6-8-14(20)9-7-13/h4,6-12,16H,3,5,20H2,1-2H3,(H,21,23,24). The average Bonchev–Trinajstić information content (AvgIpc) is 3.16. The van der Waals surface area contributed by atoms with Gasteiger partial charge in [-0.3, -0.25) is 4.79 Å². The minimum Gasteiger partial charge on any atom is -0.399 e. The number of thioether (sulfide) groups is 1. The van der Waals surface area contributed by atoms with Crippen molar-refractivity contribution in [3.8, 4) is 11.3 Å². The average molecular weight is 354 g/mol. The van der Waals surface area contributed by atoms with Gasteiger partial charge in [-0.1, -0.05) is 32.1 Å². The molecule has 0 fully saturated rings. The van der Waals surface area contributed by atoms with Gasteiger partial charge in [0.1, 0.15) is 0 Å². The van der Waals surface area contributed by atoms with Gasteiger partial charge in [-0.2, -0.15) is 0 Å². The number of nitrogens with one attached hydrogen (secondary N) is 1. The Morgan fingerprint density at radius 3 is 2.80 bits per heavy atom. The Morgan fingerprint density at radius 2 is 2.16 bits per heavy atom. The van der Waals surface area contributed by atoms with Crippen LogP contribution in [0.4, 0.5) is 11.5 Å². The van der Waals surface area contributed by atoms with E-state index >= 15 is 0 Å². The maximum atomic E-state index is 12.3. The topological polar surface area (TPSA) is 80.9 Å². The van der Waals surface area contributed by atoms with Crippen LogP contribution in [0.25, 0.3) is 11.3 Å². The van der Waals surface area contributed by atoms with Gasteiger partial charge < -0.3 is 11.1 Å². The lowest BCUT2D eigenvalue weighted by Crippen LogP contribution is -2.22. The highest BCUT2D eigenvalue weighted by Crippen LogP contribution is 2.40. The molecule has 3 rings (SSSR count). The fourth-order valence-corrected chi connectivity index (χ4v) is 3.43. The van der Waals surface area contributed by atoms with E-state index in [0.29, 0.717) is 11.5 Å². The first-order valence-corrected chi connectivity index (χ1v) is 9.37. The largest absolute Gasteiger partial charge is 0.399 e. The molecule has 0 radical (unpaired) electrons. The second kappa shape index (κ2) is 7.70. The zero-order chi connectivity index (χ0) is 17.8. The number of anilines is 2. The fourth-order valence-electron chi connectivity index (χ4n) is 2.50. The molecular weight excluding hydrogens is 332 g/mol. The molecule has 25 heavy (non-hydrogen) atoms. The Bertz CT molecular complexity index is 781. The van der Waals surface area contributed by atoms with E-state index in [4.69, 9.17) is 10.7 Å². The van der Waals surface area contributed by atoms with Crippen molar-refractivity contribution in [3.63, 3.8) is 0 Å². The molecule has 6 heteroatoms. The normalized spacial score (nSPS) is 17.4. The molecule has 130 valence electrons. The second-order valence-electron chi connectivity index (χ2n) is 6.14. The Kier molecular flexibility index (Phi) is 5.38. The van der Waals surface area contributed by atoms with E-state index in [-0.39, 0.29) is 17.1 Å². The third kappa shape index (κ3) is 4.02. The van der Waals surface area contributed by atoms with Gasteiger partial charge in [0.2, 0.25) is 5.91 Å². The van der Waals surface area contributed by atoms with Crippen LogP contribution in [0.15, 0.2) is 41.9 Å². The molecule has 2 aromatic rings. The van der Waals surface area contributed by atoms with Crippen molar-refractivity contribution in [2.24, 2.45) is 5.92 Å². The summed E-state index contributed by atoms with van der Waals surface area (Å²) in [5.41, 5.74) is 9.03. The number of carbonyl (C=O) groups excluding carboxylic acids is 1. The van der Waals surface area contributed by atoms with Crippen LogP contribution in [-0.2, 0) is 4.79 Å². The summed E-state index contributed by atoms with van der Waals surface area (Å²) in [5.74, 6) is 0.487. The molecule has 1 aliphatic heterocycles. The molecule has 0 bridgehead atoms. The lowest BCUT2D eigenvalue weighted by Gasteiger charge is -2.16. The van der Waals surface area contributed by atoms with Crippen molar-refractivity contribution < 1.29 is 4.79 Å². The van der Waals surface area contributed by atoms with Gasteiger partial charge in [-0.15, -0.1) is 11.8 Å². The summed E-state index contributed by atoms with van der Waals surface area (Å²) < 4.78 is 0. The van der Waals surface area contributed by atoms with Crippen molar-refractivity contribution in [1.29, 1.82) is 0 Å². The third-order valence-electron chi connectivity index (χ3n) is 4.30. The number of allylic oxidation sites excluding steroid dienone is 1. The quantitative estimate of drug-likeness (QED) is 0.778. The smallest absolute Gasteiger partial charge is 0.228 e. The fraction of sp³-hybridized carbons (Fsp3) is 0.316. The zero-order valence-corrected chi connectivity index (χ0v) is 15.2. The summed E-state index contributed by atoms with van der Waals surface area (Å²) in [4.78, 5) is 21.6. The second-order valence-corrected chi connectivity index (χ2v) is 7.26. The number of hydrogen-bond acceptors (Lipinski definition) is 5. The zero-order valence-electron chi connectivity index (χ0n) is 14.4. The predicted octanol–water partition coefficient (Wildman–Crippen LogP) is 4.40. The van der Waals surface area contributed by atoms with Crippen LogP contribution in [0.2, 0.25) is 0 Å². The van der Waals surface area contributed by atoms with Crippen molar-refractivity contribution >= 4 is 29.2 Å². The van der Waals surface area contributed by atoms with Crippen molar-refractivity contribution in [1.82, 2.24) is 9.97 Å². The van der Waals surface area contributed by atoms with E-state index in [9.17, 15) is 4.79 Å². The Balaban J connectivity index is 1.94. The minimum atomic E-state index is -0.0548. The number of nitrogens with zero attached hydrogens (tertiary/aromatic N) is 2. The van der Waals surface area contributed by atoms with Crippen molar-refractivity contribution in [2.45, 2.75) is 31.9 Å². The van der Waals surface area contributed by atoms with Crippen LogP contribution in [0, 0.1) is 5.92 Å². The van der Waals surface area contributed by atoms with E-state index in [1.165, 1.54) is 0 Å². The summed E-state index contributed by atoms with van der Waals surface area (Å²) in [6.07, 6.45) is 5.50. The van der Waals surface area contributed by atoms with Crippen molar-refractivity contribution in [2.75, 3.05) is 11.1 Å². The van der Waals surface area contributed by atoms with Gasteiger partial charge in [0.25, 0.3) is 0 Å². The Hall–Kier alpha value is -2.34. The highest BCUT2D eigenvalue weighted by molar-refractivity contribution is 8.02. The maximum Gasteiger partial charge on any atom is 0.228 e. The van der Waals surface area contributed by atoms with Gasteiger partial charge >= 0.3 is 0 Å². The van der Waals surface area contributed by atoms with Gasteiger partial charge in [-0.25, -0.2) is 9.97 Å². The highest BCUT2D eigenvalue weighted by Gasteiger charge is 2.23. The molecule has 0 spiro atoms. The number of benzene rings is 1. The lowest BCUT2D eigenvalue weighted by molar-refractivity contribution is -0.119. The van der Waals surface area contributed by atoms with Crippen molar-refractivity contribution in [3.05, 3.63) is 47.6 Å². The van der Waals surface area contributed by atoms with Gasteiger partial charge in [0.15, 0.2) is 5.82 Å². The summed E-state index contributed by atoms with van der Waals surface area (Å²) >= 11 is 1.70. The predicted molar refractivity (Wildman–Crippen MR) is 104 cm³/mol. The molecule has 0 saturated heterocycles. The molecule has 2 unspecified atom stereocenters. The van der Waals surface area contributed by atoms with Crippen LogP contribution >= 0.6 is 11.8 Å². The van der Waals surface area contributed by atoms with Crippen LogP contribution < -0.4 is 11.1 Å². The lowest BCUT2D eigenvalue weighted by atomic mass is 10.1. The summed E-state index contributed by atoms with van der Waals surface area (Å²) in [7, 11) is 0. The Labute approximate surface area is 152 Å². The summed E-state index contributed by atoms with van der Waals surface area (Å²) in [6, 6.07) is 7.56. The SMILES string of the molecule is CCC(C)C(=O)Nc1ncc(-c2ccc(N)cc2)nc1C1CC=CS1. The van der Waals surface area contributed by atoms with E-state index < -0.39 is 0 Å². The van der Waals surface area contributed by atoms with Crippen LogP contribution in [-0.4, -0.2) is 15.9 Å².